The summed E-state index contributed by atoms with van der Waals surface area (Å²) in [6, 6.07) is 20.2. The Morgan fingerprint density at radius 2 is 1.91 bits per heavy atom. The van der Waals surface area contributed by atoms with Gasteiger partial charge in [0, 0.05) is 17.7 Å². The molecule has 0 bridgehead atoms. The van der Waals surface area contributed by atoms with Gasteiger partial charge in [-0.15, -0.1) is 22.0 Å². The topological polar surface area (TPSA) is 64.2 Å². The van der Waals surface area contributed by atoms with Gasteiger partial charge in [-0.2, -0.15) is 0 Å². The lowest BCUT2D eigenvalue weighted by Gasteiger charge is -2.37. The average molecular weight is 463 g/mol. The molecule has 162 valence electrons. The van der Waals surface area contributed by atoms with Crippen LogP contribution in [-0.4, -0.2) is 32.2 Å². The van der Waals surface area contributed by atoms with E-state index in [2.05, 4.69) is 28.4 Å². The summed E-state index contributed by atoms with van der Waals surface area (Å²) in [4.78, 5) is 16.6. The van der Waals surface area contributed by atoms with Crippen molar-refractivity contribution in [2.75, 3.05) is 16.4 Å². The number of anilines is 1. The number of furan rings is 1. The standard InChI is InChI=1S/C24H22N4O2S2/c1-16-18(12-13-30-16)23-25-26-24(27(23)2)32-15-22(29)28-19-10-6-7-11-21(19)31-14-20(28)17-8-4-3-5-9-17/h3-13,20H,14-15H2,1-2H3. The van der Waals surface area contributed by atoms with E-state index in [-0.39, 0.29) is 17.7 Å². The lowest BCUT2D eigenvalue weighted by Crippen LogP contribution is -2.39. The summed E-state index contributed by atoms with van der Waals surface area (Å²) in [6.45, 7) is 1.90. The van der Waals surface area contributed by atoms with Gasteiger partial charge in [0.15, 0.2) is 11.0 Å². The minimum atomic E-state index is -0.00663. The highest BCUT2D eigenvalue weighted by atomic mass is 32.2. The molecule has 0 saturated heterocycles. The zero-order valence-corrected chi connectivity index (χ0v) is 19.4. The molecule has 2 aromatic heterocycles. The summed E-state index contributed by atoms with van der Waals surface area (Å²) in [5.41, 5.74) is 3.02. The summed E-state index contributed by atoms with van der Waals surface area (Å²) in [5, 5.41) is 9.32. The lowest BCUT2D eigenvalue weighted by atomic mass is 10.1. The fourth-order valence-corrected chi connectivity index (χ4v) is 5.84. The van der Waals surface area contributed by atoms with Crippen molar-refractivity contribution in [2.45, 2.75) is 23.0 Å². The van der Waals surface area contributed by atoms with Crippen molar-refractivity contribution in [1.29, 1.82) is 0 Å². The number of carbonyl (C=O) groups is 1. The molecule has 0 aliphatic carbocycles. The normalized spacial score (nSPS) is 15.6. The smallest absolute Gasteiger partial charge is 0.238 e. The predicted octanol–water partition coefficient (Wildman–Crippen LogP) is 5.36. The highest BCUT2D eigenvalue weighted by molar-refractivity contribution is 8.00. The number of thioether (sulfide) groups is 2. The molecule has 0 N–H and O–H groups in total. The van der Waals surface area contributed by atoms with Crippen LogP contribution >= 0.6 is 23.5 Å². The molecule has 0 radical (unpaired) electrons. The van der Waals surface area contributed by atoms with Crippen LogP contribution < -0.4 is 4.90 Å². The SMILES string of the molecule is Cc1occc1-c1nnc(SCC(=O)N2c3ccccc3SCC2c2ccccc2)n1C. The van der Waals surface area contributed by atoms with Crippen molar-refractivity contribution >= 4 is 35.1 Å². The molecule has 1 unspecified atom stereocenters. The van der Waals surface area contributed by atoms with Gasteiger partial charge in [0.1, 0.15) is 5.76 Å². The maximum Gasteiger partial charge on any atom is 0.238 e. The molecule has 0 saturated carbocycles. The summed E-state index contributed by atoms with van der Waals surface area (Å²) in [7, 11) is 1.91. The largest absolute Gasteiger partial charge is 0.469 e. The van der Waals surface area contributed by atoms with Crippen LogP contribution in [0.3, 0.4) is 0 Å². The number of aryl methyl sites for hydroxylation is 1. The molecule has 2 aromatic carbocycles. The van der Waals surface area contributed by atoms with E-state index in [1.54, 1.807) is 18.0 Å². The van der Waals surface area contributed by atoms with E-state index in [1.165, 1.54) is 11.8 Å². The van der Waals surface area contributed by atoms with Crippen LogP contribution in [0.1, 0.15) is 17.4 Å². The Bertz CT molecular complexity index is 1250. The fourth-order valence-electron chi connectivity index (χ4n) is 3.91. The first-order valence-corrected chi connectivity index (χ1v) is 12.3. The number of aromatic nitrogens is 3. The van der Waals surface area contributed by atoms with Gasteiger partial charge >= 0.3 is 0 Å². The Labute approximate surface area is 195 Å². The van der Waals surface area contributed by atoms with Crippen LogP contribution in [0.4, 0.5) is 5.69 Å². The highest BCUT2D eigenvalue weighted by Gasteiger charge is 2.32. The molecule has 1 aliphatic rings. The monoisotopic (exact) mass is 462 g/mol. The number of rotatable bonds is 5. The van der Waals surface area contributed by atoms with Crippen LogP contribution in [0.2, 0.25) is 0 Å². The molecule has 32 heavy (non-hydrogen) atoms. The van der Waals surface area contributed by atoms with Crippen molar-refractivity contribution in [3.8, 4) is 11.4 Å². The third kappa shape index (κ3) is 3.84. The van der Waals surface area contributed by atoms with E-state index in [0.29, 0.717) is 5.16 Å². The summed E-state index contributed by atoms with van der Waals surface area (Å²) in [6.07, 6.45) is 1.64. The van der Waals surface area contributed by atoms with Gasteiger partial charge in [0.05, 0.1) is 29.3 Å². The van der Waals surface area contributed by atoms with E-state index in [1.807, 2.05) is 65.9 Å². The quantitative estimate of drug-likeness (QED) is 0.372. The van der Waals surface area contributed by atoms with Crippen LogP contribution in [0, 0.1) is 6.92 Å². The first-order valence-electron chi connectivity index (χ1n) is 10.3. The van der Waals surface area contributed by atoms with Gasteiger partial charge in [-0.05, 0) is 30.7 Å². The number of hydrogen-bond donors (Lipinski definition) is 0. The highest BCUT2D eigenvalue weighted by Crippen LogP contribution is 2.43. The Morgan fingerprint density at radius 3 is 2.69 bits per heavy atom. The van der Waals surface area contributed by atoms with E-state index in [4.69, 9.17) is 4.42 Å². The maximum atomic E-state index is 13.5. The van der Waals surface area contributed by atoms with Crippen LogP contribution in [-0.2, 0) is 11.8 Å². The molecule has 1 aliphatic heterocycles. The van der Waals surface area contributed by atoms with Crippen molar-refractivity contribution in [2.24, 2.45) is 7.05 Å². The Balaban J connectivity index is 1.40. The Hall–Kier alpha value is -2.97. The first kappa shape index (κ1) is 20.9. The van der Waals surface area contributed by atoms with E-state index >= 15 is 0 Å². The van der Waals surface area contributed by atoms with Gasteiger partial charge in [-0.3, -0.25) is 4.79 Å². The fraction of sp³-hybridized carbons (Fsp3) is 0.208. The molecule has 3 heterocycles. The van der Waals surface area contributed by atoms with Crippen molar-refractivity contribution < 1.29 is 9.21 Å². The molecule has 1 atom stereocenters. The minimum Gasteiger partial charge on any atom is -0.469 e. The molecule has 0 fully saturated rings. The molecule has 6 nitrogen and oxygen atoms in total. The minimum absolute atomic E-state index is 0.00663. The van der Waals surface area contributed by atoms with E-state index < -0.39 is 0 Å². The third-order valence-corrected chi connectivity index (χ3v) is 7.69. The number of amides is 1. The molecule has 5 rings (SSSR count). The van der Waals surface area contributed by atoms with E-state index in [0.717, 1.165) is 39.0 Å². The Morgan fingerprint density at radius 1 is 1.12 bits per heavy atom. The second-order valence-electron chi connectivity index (χ2n) is 7.51. The molecular formula is C24H22N4O2S2. The van der Waals surface area contributed by atoms with Crippen LogP contribution in [0.15, 0.2) is 81.4 Å². The molecule has 4 aromatic rings. The van der Waals surface area contributed by atoms with Gasteiger partial charge in [0.2, 0.25) is 5.91 Å². The maximum absolute atomic E-state index is 13.5. The number of carbonyl (C=O) groups excluding carboxylic acids is 1. The zero-order valence-electron chi connectivity index (χ0n) is 17.8. The molecule has 8 heteroatoms. The number of fused-ring (bicyclic) bond motifs is 1. The van der Waals surface area contributed by atoms with Crippen molar-refractivity contribution in [3.05, 3.63) is 78.3 Å². The molecular weight excluding hydrogens is 440 g/mol. The van der Waals surface area contributed by atoms with Crippen LogP contribution in [0.25, 0.3) is 11.4 Å². The number of hydrogen-bond acceptors (Lipinski definition) is 6. The van der Waals surface area contributed by atoms with Gasteiger partial charge in [-0.25, -0.2) is 0 Å². The lowest BCUT2D eigenvalue weighted by molar-refractivity contribution is -0.116. The Kier molecular flexibility index (Phi) is 5.80. The summed E-state index contributed by atoms with van der Waals surface area (Å²) in [5.74, 6) is 2.68. The molecule has 0 spiro atoms. The van der Waals surface area contributed by atoms with Gasteiger partial charge in [0.25, 0.3) is 0 Å². The van der Waals surface area contributed by atoms with E-state index in [9.17, 15) is 4.79 Å². The number of benzene rings is 2. The van der Waals surface area contributed by atoms with Crippen molar-refractivity contribution in [1.82, 2.24) is 14.8 Å². The number of para-hydroxylation sites is 1. The van der Waals surface area contributed by atoms with Crippen molar-refractivity contribution in [3.63, 3.8) is 0 Å². The second kappa shape index (κ2) is 8.88. The number of nitrogens with zero attached hydrogens (tertiary/aromatic N) is 4. The van der Waals surface area contributed by atoms with Gasteiger partial charge in [-0.1, -0.05) is 54.2 Å². The zero-order chi connectivity index (χ0) is 22.1. The average Bonchev–Trinajstić information content (AvgIpc) is 3.41. The second-order valence-corrected chi connectivity index (χ2v) is 9.52. The first-order chi connectivity index (χ1) is 15.6. The summed E-state index contributed by atoms with van der Waals surface area (Å²) < 4.78 is 7.30. The predicted molar refractivity (Wildman–Crippen MR) is 128 cm³/mol. The molecule has 1 amide bonds. The summed E-state index contributed by atoms with van der Waals surface area (Å²) >= 11 is 3.20. The van der Waals surface area contributed by atoms with Gasteiger partial charge < -0.3 is 13.9 Å². The van der Waals surface area contributed by atoms with Crippen LogP contribution in [0.5, 0.6) is 0 Å². The third-order valence-electron chi connectivity index (χ3n) is 5.55.